The summed E-state index contributed by atoms with van der Waals surface area (Å²) in [5, 5.41) is 25.1. The van der Waals surface area contributed by atoms with Crippen LogP contribution in [-0.2, 0) is 11.6 Å². The molecule has 172 valence electrons. The molecule has 0 radical (unpaired) electrons. The Labute approximate surface area is 199 Å². The van der Waals surface area contributed by atoms with E-state index >= 15 is 0 Å². The Hall–Kier alpha value is -3.84. The lowest BCUT2D eigenvalue weighted by molar-refractivity contribution is -0.141. The van der Waals surface area contributed by atoms with Gasteiger partial charge in [-0.1, -0.05) is 0 Å². The Kier molecular flexibility index (Phi) is 5.83. The van der Waals surface area contributed by atoms with Crippen molar-refractivity contribution in [3.05, 3.63) is 63.5 Å². The predicted molar refractivity (Wildman–Crippen MR) is 113 cm³/mol. The number of alkyl halides is 3. The summed E-state index contributed by atoms with van der Waals surface area (Å²) in [6.07, 6.45) is -2.68. The second-order valence-electron chi connectivity index (χ2n) is 7.68. The fourth-order valence-corrected chi connectivity index (χ4v) is 3.61. The zero-order chi connectivity index (χ0) is 24.7. The van der Waals surface area contributed by atoms with Crippen LogP contribution < -0.4 is 5.32 Å². The van der Waals surface area contributed by atoms with E-state index in [-0.39, 0.29) is 21.8 Å². The molecular weight excluding hydrogens is 517 g/mol. The summed E-state index contributed by atoms with van der Waals surface area (Å²) in [6, 6.07) is 8.11. The molecule has 3 aromatic heterocycles. The van der Waals surface area contributed by atoms with Crippen LogP contribution in [0.25, 0.3) is 5.82 Å². The van der Waals surface area contributed by atoms with Crippen LogP contribution in [0.15, 0.2) is 35.2 Å². The molecule has 0 spiro atoms. The van der Waals surface area contributed by atoms with E-state index in [1.807, 2.05) is 12.1 Å². The monoisotopic (exact) mass is 530 g/mol. The first-order valence-electron chi connectivity index (χ1n) is 9.87. The average molecular weight is 531 g/mol. The molecule has 4 rings (SSSR count). The molecule has 34 heavy (non-hydrogen) atoms. The number of nitrogens with one attached hydrogen (secondary N) is 1. The molecule has 1 N–H and O–H groups in total. The van der Waals surface area contributed by atoms with Crippen molar-refractivity contribution in [3.63, 3.8) is 0 Å². The Morgan fingerprint density at radius 2 is 2.00 bits per heavy atom. The van der Waals surface area contributed by atoms with Gasteiger partial charge in [-0.2, -0.15) is 28.4 Å². The summed E-state index contributed by atoms with van der Waals surface area (Å²) >= 11 is 3.17. The molecule has 9 nitrogen and oxygen atoms in total. The highest BCUT2D eigenvalue weighted by atomic mass is 79.9. The van der Waals surface area contributed by atoms with Gasteiger partial charge in [0.1, 0.15) is 11.8 Å². The van der Waals surface area contributed by atoms with Crippen molar-refractivity contribution in [2.45, 2.75) is 37.4 Å². The van der Waals surface area contributed by atoms with Gasteiger partial charge >= 0.3 is 6.18 Å². The molecule has 0 bridgehead atoms. The largest absolute Gasteiger partial charge is 0.433 e. The zero-order valence-electron chi connectivity index (χ0n) is 17.4. The molecule has 1 atom stereocenters. The van der Waals surface area contributed by atoms with Crippen molar-refractivity contribution in [3.8, 4) is 18.0 Å². The highest BCUT2D eigenvalue weighted by molar-refractivity contribution is 9.10. The molecule has 1 unspecified atom stereocenters. The Morgan fingerprint density at radius 3 is 2.56 bits per heavy atom. The topological polar surface area (TPSA) is 133 Å². The third-order valence-electron chi connectivity index (χ3n) is 5.27. The van der Waals surface area contributed by atoms with Gasteiger partial charge in [-0.05, 0) is 60.0 Å². The van der Waals surface area contributed by atoms with Gasteiger partial charge in [-0.15, -0.1) is 5.10 Å². The van der Waals surface area contributed by atoms with E-state index in [0.717, 1.165) is 0 Å². The average Bonchev–Trinajstić information content (AvgIpc) is 3.52. The van der Waals surface area contributed by atoms with Crippen LogP contribution in [0.3, 0.4) is 0 Å². The van der Waals surface area contributed by atoms with Gasteiger partial charge in [0.25, 0.3) is 5.91 Å². The number of rotatable bonds is 5. The number of nitrogens with zero attached hydrogens (tertiary/aromatic N) is 7. The summed E-state index contributed by atoms with van der Waals surface area (Å²) in [7, 11) is 0. The summed E-state index contributed by atoms with van der Waals surface area (Å²) in [4.78, 5) is 24.9. The minimum absolute atomic E-state index is 0.0738. The Balaban J connectivity index is 1.65. The van der Waals surface area contributed by atoms with Crippen molar-refractivity contribution in [1.29, 1.82) is 10.5 Å². The van der Waals surface area contributed by atoms with Crippen LogP contribution in [0.4, 0.5) is 13.2 Å². The standard InChI is InChI=1S/C21H14BrF3N8O/c1-11(17-31-19(22)32-33(17)16-3-2-12(8-26)9-28-16)29-18(34)13-6-14(20(10-27)4-5-20)30-15(7-13)21(23,24)25/h2-3,6-7,9,11H,4-5H2,1H3,(H,29,34). The molecule has 0 saturated heterocycles. The third-order valence-corrected chi connectivity index (χ3v) is 5.60. The molecule has 3 heterocycles. The molecule has 1 fully saturated rings. The summed E-state index contributed by atoms with van der Waals surface area (Å²) < 4.78 is 41.8. The number of carbonyl (C=O) groups excluding carboxylic acids is 1. The van der Waals surface area contributed by atoms with Crippen molar-refractivity contribution < 1.29 is 18.0 Å². The second kappa shape index (κ2) is 8.50. The SMILES string of the molecule is CC(NC(=O)c1cc(C(F)(F)F)nc(C2(C#N)CC2)c1)c1nc(Br)nn1-c1ccc(C#N)cn1. The van der Waals surface area contributed by atoms with Gasteiger partial charge in [0, 0.05) is 11.8 Å². The van der Waals surface area contributed by atoms with Crippen molar-refractivity contribution in [1.82, 2.24) is 30.0 Å². The van der Waals surface area contributed by atoms with Gasteiger partial charge < -0.3 is 5.32 Å². The normalized spacial score (nSPS) is 15.1. The molecule has 13 heteroatoms. The maximum Gasteiger partial charge on any atom is 0.433 e. The highest BCUT2D eigenvalue weighted by Gasteiger charge is 2.48. The fourth-order valence-electron chi connectivity index (χ4n) is 3.27. The number of carbonyl (C=O) groups is 1. The summed E-state index contributed by atoms with van der Waals surface area (Å²) in [5.74, 6) is -0.226. The maximum absolute atomic E-state index is 13.4. The summed E-state index contributed by atoms with van der Waals surface area (Å²) in [5.41, 5.74) is -2.35. The van der Waals surface area contributed by atoms with E-state index in [2.05, 4.69) is 41.3 Å². The molecule has 1 amide bonds. The number of hydrogen-bond donors (Lipinski definition) is 1. The quantitative estimate of drug-likeness (QED) is 0.530. The molecule has 3 aromatic rings. The van der Waals surface area contributed by atoms with E-state index in [1.54, 1.807) is 13.0 Å². The lowest BCUT2D eigenvalue weighted by Crippen LogP contribution is -2.29. The van der Waals surface area contributed by atoms with Crippen LogP contribution in [0.2, 0.25) is 0 Å². The van der Waals surface area contributed by atoms with E-state index in [9.17, 15) is 23.2 Å². The van der Waals surface area contributed by atoms with Gasteiger partial charge in [-0.3, -0.25) is 4.79 Å². The predicted octanol–water partition coefficient (Wildman–Crippen LogP) is 3.76. The Morgan fingerprint density at radius 1 is 1.26 bits per heavy atom. The number of pyridine rings is 2. The van der Waals surface area contributed by atoms with Crippen molar-refractivity contribution in [2.24, 2.45) is 0 Å². The van der Waals surface area contributed by atoms with Crippen LogP contribution in [0.1, 0.15) is 58.9 Å². The first-order chi connectivity index (χ1) is 16.1. The van der Waals surface area contributed by atoms with Crippen LogP contribution in [0, 0.1) is 22.7 Å². The van der Waals surface area contributed by atoms with Gasteiger partial charge in [0.15, 0.2) is 11.6 Å². The first-order valence-corrected chi connectivity index (χ1v) is 10.7. The highest BCUT2D eigenvalue weighted by Crippen LogP contribution is 2.47. The molecule has 1 saturated carbocycles. The summed E-state index contributed by atoms with van der Waals surface area (Å²) in [6.45, 7) is 1.58. The molecule has 0 aromatic carbocycles. The minimum Gasteiger partial charge on any atom is -0.342 e. The number of amides is 1. The van der Waals surface area contributed by atoms with Crippen LogP contribution in [-0.4, -0.2) is 30.6 Å². The molecule has 0 aliphatic heterocycles. The van der Waals surface area contributed by atoms with Crippen molar-refractivity contribution >= 4 is 21.8 Å². The smallest absolute Gasteiger partial charge is 0.342 e. The van der Waals surface area contributed by atoms with Crippen LogP contribution in [0.5, 0.6) is 0 Å². The molecule has 1 aliphatic carbocycles. The lowest BCUT2D eigenvalue weighted by atomic mass is 10.0. The number of hydrogen-bond acceptors (Lipinski definition) is 7. The van der Waals surface area contributed by atoms with Gasteiger partial charge in [-0.25, -0.2) is 15.0 Å². The first kappa shape index (κ1) is 23.3. The van der Waals surface area contributed by atoms with E-state index in [0.29, 0.717) is 30.3 Å². The number of halogens is 4. The molecule has 1 aliphatic rings. The molecular formula is C21H14BrF3N8O. The number of aromatic nitrogens is 5. The number of nitriles is 2. The van der Waals surface area contributed by atoms with Crippen molar-refractivity contribution in [2.75, 3.05) is 0 Å². The van der Waals surface area contributed by atoms with Crippen LogP contribution >= 0.6 is 15.9 Å². The minimum atomic E-state index is -4.78. The third kappa shape index (κ3) is 4.47. The Bertz CT molecular complexity index is 1350. The fraction of sp³-hybridized carbons (Fsp3) is 0.286. The van der Waals surface area contributed by atoms with E-state index < -0.39 is 29.2 Å². The van der Waals surface area contributed by atoms with Gasteiger partial charge in [0.05, 0.1) is 28.8 Å². The second-order valence-corrected chi connectivity index (χ2v) is 8.39. The van der Waals surface area contributed by atoms with E-state index in [4.69, 9.17) is 5.26 Å². The zero-order valence-corrected chi connectivity index (χ0v) is 19.0. The van der Waals surface area contributed by atoms with Gasteiger partial charge in [0.2, 0.25) is 4.73 Å². The maximum atomic E-state index is 13.4. The lowest BCUT2D eigenvalue weighted by Gasteiger charge is -2.16. The van der Waals surface area contributed by atoms with E-state index in [1.165, 1.54) is 23.0 Å².